The maximum Gasteiger partial charge on any atom is 0.134 e. The van der Waals surface area contributed by atoms with E-state index in [9.17, 15) is 13.2 Å². The lowest BCUT2D eigenvalue weighted by molar-refractivity contribution is 0.0986. The van der Waals surface area contributed by atoms with Crippen molar-refractivity contribution in [2.75, 3.05) is 47.0 Å². The van der Waals surface area contributed by atoms with Gasteiger partial charge in [0, 0.05) is 32.8 Å². The predicted molar refractivity (Wildman–Crippen MR) is 130 cm³/mol. The van der Waals surface area contributed by atoms with E-state index in [1.54, 1.807) is 14.0 Å². The van der Waals surface area contributed by atoms with Gasteiger partial charge in [0.15, 0.2) is 0 Å². The first-order valence-electron chi connectivity index (χ1n) is 11.2. The fraction of sp³-hybridized carbons (Fsp3) is 0.773. The molecule has 0 aromatic heterocycles. The van der Waals surface area contributed by atoms with Crippen LogP contribution in [-0.2, 0) is 4.74 Å². The minimum Gasteiger partial charge on any atom is -0.380 e. The highest BCUT2D eigenvalue weighted by Crippen LogP contribution is 2.40. The smallest absolute Gasteiger partial charge is 0.134 e. The molecule has 0 radical (unpaired) electrons. The fourth-order valence-electron chi connectivity index (χ4n) is 3.49. The zero-order valence-electron chi connectivity index (χ0n) is 19.8. The van der Waals surface area contributed by atoms with E-state index in [2.05, 4.69) is 21.7 Å². The molecule has 0 spiro atoms. The van der Waals surface area contributed by atoms with E-state index >= 15 is 0 Å². The van der Waals surface area contributed by atoms with Crippen LogP contribution >= 0.6 is 23.5 Å². The normalized spacial score (nSPS) is 29.2. The number of allylic oxidation sites excluding steroid dienone is 1. The molecule has 4 atom stereocenters. The molecule has 2 aliphatic heterocycles. The summed E-state index contributed by atoms with van der Waals surface area (Å²) in [7, 11) is 3.77. The monoisotopic (exact) mass is 498 g/mol. The predicted octanol–water partition coefficient (Wildman–Crippen LogP) is 5.09. The van der Waals surface area contributed by atoms with Crippen molar-refractivity contribution in [1.82, 2.24) is 14.5 Å². The molecule has 5 nitrogen and oxygen atoms in total. The number of rotatable bonds is 7. The third-order valence-electron chi connectivity index (χ3n) is 5.41. The van der Waals surface area contributed by atoms with Crippen molar-refractivity contribution in [3.8, 4) is 0 Å². The molecule has 2 fully saturated rings. The van der Waals surface area contributed by atoms with Crippen LogP contribution < -0.4 is 4.72 Å². The number of likely N-dealkylation sites (tertiary alicyclic amines) is 2. The van der Waals surface area contributed by atoms with E-state index in [0.717, 1.165) is 18.4 Å². The minimum atomic E-state index is -1.41. The summed E-state index contributed by atoms with van der Waals surface area (Å²) >= 11 is 7.03. The molecule has 0 amide bonds. The summed E-state index contributed by atoms with van der Waals surface area (Å²) in [5.74, 6) is -0.459. The van der Waals surface area contributed by atoms with Gasteiger partial charge in [-0.05, 0) is 57.9 Å². The molecule has 0 aromatic rings. The van der Waals surface area contributed by atoms with Crippen LogP contribution in [0.15, 0.2) is 27.7 Å². The zero-order valence-corrected chi connectivity index (χ0v) is 21.4. The summed E-state index contributed by atoms with van der Waals surface area (Å²) in [5, 5.41) is -1.04. The first-order chi connectivity index (χ1) is 15.4. The van der Waals surface area contributed by atoms with Gasteiger partial charge in [-0.2, -0.15) is 0 Å². The van der Waals surface area contributed by atoms with Crippen LogP contribution in [0.1, 0.15) is 40.0 Å². The number of aliphatic imine (C=N–C) groups is 1. The highest BCUT2D eigenvalue weighted by atomic mass is 35.5. The van der Waals surface area contributed by atoms with E-state index in [1.165, 1.54) is 31.8 Å². The molecular weight excluding hydrogens is 461 g/mol. The number of halogens is 4. The molecule has 2 saturated heterocycles. The second-order valence-corrected chi connectivity index (χ2v) is 8.89. The Balaban J connectivity index is 0.000000629. The second-order valence-electron chi connectivity index (χ2n) is 7.53. The maximum atomic E-state index is 14.7. The van der Waals surface area contributed by atoms with Gasteiger partial charge >= 0.3 is 0 Å². The van der Waals surface area contributed by atoms with E-state index in [-0.39, 0.29) is 23.4 Å². The maximum absolute atomic E-state index is 14.7. The summed E-state index contributed by atoms with van der Waals surface area (Å²) < 4.78 is 49.7. The van der Waals surface area contributed by atoms with Crippen molar-refractivity contribution in [3.63, 3.8) is 0 Å². The molecule has 0 aromatic carbocycles. The molecule has 186 valence electrons. The lowest BCUT2D eigenvalue weighted by Gasteiger charge is -2.35. The summed E-state index contributed by atoms with van der Waals surface area (Å²) in [6, 6.07) is -0.469. The van der Waals surface area contributed by atoms with Crippen molar-refractivity contribution >= 4 is 29.8 Å². The number of methoxy groups -OCH3 is 1. The van der Waals surface area contributed by atoms with Gasteiger partial charge in [0.05, 0.1) is 17.2 Å². The van der Waals surface area contributed by atoms with Crippen molar-refractivity contribution in [1.29, 1.82) is 0 Å². The summed E-state index contributed by atoms with van der Waals surface area (Å²) in [6.45, 7) is 8.90. The molecule has 0 bridgehead atoms. The Labute approximate surface area is 200 Å². The zero-order chi connectivity index (χ0) is 24.1. The van der Waals surface area contributed by atoms with Gasteiger partial charge in [0.2, 0.25) is 0 Å². The Bertz CT molecular complexity index is 634. The van der Waals surface area contributed by atoms with Crippen LogP contribution in [0.5, 0.6) is 0 Å². The first-order valence-corrected chi connectivity index (χ1v) is 12.5. The van der Waals surface area contributed by atoms with Gasteiger partial charge in [-0.1, -0.05) is 25.4 Å². The van der Waals surface area contributed by atoms with Crippen LogP contribution in [0.3, 0.4) is 0 Å². The molecule has 1 aliphatic carbocycles. The number of nitrogens with one attached hydrogen (secondary N) is 1. The summed E-state index contributed by atoms with van der Waals surface area (Å²) in [5.41, 5.74) is 0. The number of alkyl halides is 2. The van der Waals surface area contributed by atoms with Crippen molar-refractivity contribution in [2.24, 2.45) is 4.99 Å². The van der Waals surface area contributed by atoms with Gasteiger partial charge in [-0.25, -0.2) is 18.2 Å². The van der Waals surface area contributed by atoms with Crippen LogP contribution in [-0.4, -0.2) is 86.6 Å². The fourth-order valence-corrected chi connectivity index (χ4v) is 4.77. The van der Waals surface area contributed by atoms with Gasteiger partial charge in [-0.3, -0.25) is 4.90 Å². The first kappa shape index (κ1) is 29.3. The molecule has 2 heterocycles. The van der Waals surface area contributed by atoms with E-state index in [4.69, 9.17) is 16.3 Å². The highest BCUT2D eigenvalue weighted by Gasteiger charge is 2.42. The molecule has 10 heteroatoms. The molecule has 3 aliphatic rings. The van der Waals surface area contributed by atoms with Crippen LogP contribution in [0.2, 0.25) is 0 Å². The molecule has 3 rings (SSSR count). The quantitative estimate of drug-likeness (QED) is 0.391. The van der Waals surface area contributed by atoms with Crippen molar-refractivity contribution < 1.29 is 17.9 Å². The third kappa shape index (κ3) is 8.89. The van der Waals surface area contributed by atoms with Crippen molar-refractivity contribution in [2.45, 2.75) is 63.6 Å². The topological polar surface area (TPSA) is 40.1 Å². The Hall–Kier alpha value is -0.740. The van der Waals surface area contributed by atoms with Crippen LogP contribution in [0.25, 0.3) is 0 Å². The molecular formula is C22H38ClF3N4OS. The van der Waals surface area contributed by atoms with Crippen LogP contribution in [0.4, 0.5) is 13.2 Å². The lowest BCUT2D eigenvalue weighted by Crippen LogP contribution is -2.43. The van der Waals surface area contributed by atoms with E-state index in [0.29, 0.717) is 13.1 Å². The number of hydrogen-bond acceptors (Lipinski definition) is 6. The number of hydrogen-bond donors (Lipinski definition) is 1. The average Bonchev–Trinajstić information content (AvgIpc) is 3.26. The standard InChI is InChI=1S/C16H23ClF3N3OS.C4H9N.C2H6/c1-3-21-13(4-6-18)22-25-16-11(19)8-12(14(17)15(16)20)23-7-5-10(9-23)24-2;1-5-3-2-4-5;1-2/h3-4,10-12,16,22H,5-9H2,1-2H3;2-4H2,1H3;1-2H3/b13-4+,21-3-;;. The Morgan fingerprint density at radius 2 is 2.00 bits per heavy atom. The van der Waals surface area contributed by atoms with Crippen molar-refractivity contribution in [3.05, 3.63) is 22.8 Å². The van der Waals surface area contributed by atoms with Gasteiger partial charge in [0.1, 0.15) is 29.7 Å². The van der Waals surface area contributed by atoms with Gasteiger partial charge in [-0.15, -0.1) is 0 Å². The third-order valence-corrected chi connectivity index (χ3v) is 6.92. The van der Waals surface area contributed by atoms with Crippen LogP contribution in [0, 0.1) is 0 Å². The molecule has 0 saturated carbocycles. The lowest BCUT2D eigenvalue weighted by atomic mass is 9.98. The average molecular weight is 499 g/mol. The molecule has 1 N–H and O–H groups in total. The molecule has 4 unspecified atom stereocenters. The SMILES string of the molecule is C/C=N\C(=C/CF)NSC1C(F)=C(Cl)C(N2CCC(OC)C2)CC1F.CC.CN1CCC1. The summed E-state index contributed by atoms with van der Waals surface area (Å²) in [4.78, 5) is 8.18. The second kappa shape index (κ2) is 16.0. The Morgan fingerprint density at radius 1 is 1.34 bits per heavy atom. The Morgan fingerprint density at radius 3 is 2.47 bits per heavy atom. The number of nitrogens with zero attached hydrogens (tertiary/aromatic N) is 3. The highest BCUT2D eigenvalue weighted by molar-refractivity contribution is 7.98. The number of ether oxygens (including phenoxy) is 1. The minimum absolute atomic E-state index is 0.0416. The van der Waals surface area contributed by atoms with E-state index < -0.39 is 30.0 Å². The Kier molecular flexibility index (Phi) is 14.6. The van der Waals surface area contributed by atoms with Gasteiger partial charge in [0.25, 0.3) is 0 Å². The largest absolute Gasteiger partial charge is 0.380 e. The summed E-state index contributed by atoms with van der Waals surface area (Å²) in [6.07, 6.45) is 3.67. The van der Waals surface area contributed by atoms with E-state index in [1.807, 2.05) is 18.7 Å². The molecule has 32 heavy (non-hydrogen) atoms. The van der Waals surface area contributed by atoms with Gasteiger partial charge < -0.3 is 14.4 Å².